The lowest BCUT2D eigenvalue weighted by molar-refractivity contribution is -0.384. The molecule has 0 fully saturated rings. The Balaban J connectivity index is 1.68. The summed E-state index contributed by atoms with van der Waals surface area (Å²) in [7, 11) is 1.77. The second-order valence-electron chi connectivity index (χ2n) is 8.54. The Hall–Kier alpha value is -3.73. The molecule has 2 aromatic carbocycles. The molecule has 1 atom stereocenters. The fourth-order valence-electron chi connectivity index (χ4n) is 3.38. The van der Waals surface area contributed by atoms with Crippen molar-refractivity contribution in [2.24, 2.45) is 13.0 Å². The number of nitrogens with one attached hydrogen (secondary N) is 2. The number of rotatable bonds is 9. The second kappa shape index (κ2) is 11.1. The number of nitro groups is 1. The number of thioether (sulfide) groups is 1. The largest absolute Gasteiger partial charge is 0.342 e. The van der Waals surface area contributed by atoms with E-state index in [2.05, 4.69) is 20.8 Å². The quantitative estimate of drug-likeness (QED) is 0.258. The van der Waals surface area contributed by atoms with Crippen LogP contribution in [0.15, 0.2) is 47.6 Å². The standard InChI is InChI=1S/C24H28N6O4S/c1-14(2)21(26-23(32)17-7-6-8-19(12-17)30(33)34)22-27-28-24(29(22)5)35-13-20(31)25-18-10-9-15(3)16(4)11-18/h6-12,14,21H,13H2,1-5H3,(H,25,31)(H,26,32)/t21-/m0/s1. The summed E-state index contributed by atoms with van der Waals surface area (Å²) in [5.41, 5.74) is 3.02. The number of benzene rings is 2. The van der Waals surface area contributed by atoms with Crippen molar-refractivity contribution in [2.75, 3.05) is 11.1 Å². The van der Waals surface area contributed by atoms with E-state index < -0.39 is 16.9 Å². The fraction of sp³-hybridized carbons (Fsp3) is 0.333. The highest BCUT2D eigenvalue weighted by atomic mass is 32.2. The summed E-state index contributed by atoms with van der Waals surface area (Å²) < 4.78 is 1.74. The number of non-ortho nitro benzene ring substituents is 1. The number of amides is 2. The van der Waals surface area contributed by atoms with Gasteiger partial charge in [-0.25, -0.2) is 0 Å². The van der Waals surface area contributed by atoms with Gasteiger partial charge in [0.2, 0.25) is 5.91 Å². The van der Waals surface area contributed by atoms with E-state index in [1.165, 1.54) is 36.0 Å². The van der Waals surface area contributed by atoms with Gasteiger partial charge in [-0.2, -0.15) is 0 Å². The molecule has 0 spiro atoms. The van der Waals surface area contributed by atoms with Crippen molar-refractivity contribution in [1.29, 1.82) is 0 Å². The lowest BCUT2D eigenvalue weighted by Crippen LogP contribution is -2.33. The number of aryl methyl sites for hydroxylation is 2. The van der Waals surface area contributed by atoms with Crippen LogP contribution in [0.5, 0.6) is 0 Å². The zero-order chi connectivity index (χ0) is 25.7. The lowest BCUT2D eigenvalue weighted by Gasteiger charge is -2.21. The van der Waals surface area contributed by atoms with Crippen LogP contribution in [0.4, 0.5) is 11.4 Å². The minimum absolute atomic E-state index is 0.0357. The van der Waals surface area contributed by atoms with Crippen LogP contribution in [0, 0.1) is 29.9 Å². The second-order valence-corrected chi connectivity index (χ2v) is 9.48. The van der Waals surface area contributed by atoms with Gasteiger partial charge in [-0.15, -0.1) is 10.2 Å². The number of hydrogen-bond donors (Lipinski definition) is 2. The Morgan fingerprint density at radius 3 is 2.51 bits per heavy atom. The van der Waals surface area contributed by atoms with Crippen molar-refractivity contribution in [3.8, 4) is 0 Å². The molecule has 0 aliphatic heterocycles. The van der Waals surface area contributed by atoms with Gasteiger partial charge in [-0.05, 0) is 49.1 Å². The maximum atomic E-state index is 12.8. The van der Waals surface area contributed by atoms with Crippen LogP contribution in [0.1, 0.15) is 47.2 Å². The molecular weight excluding hydrogens is 468 g/mol. The smallest absolute Gasteiger partial charge is 0.270 e. The first-order chi connectivity index (χ1) is 16.6. The monoisotopic (exact) mass is 496 g/mol. The number of aromatic nitrogens is 3. The van der Waals surface area contributed by atoms with Crippen molar-refractivity contribution in [3.05, 3.63) is 75.1 Å². The zero-order valence-electron chi connectivity index (χ0n) is 20.2. The number of nitro benzene ring substituents is 1. The van der Waals surface area contributed by atoms with E-state index in [-0.39, 0.29) is 28.8 Å². The fourth-order valence-corrected chi connectivity index (χ4v) is 4.10. The SMILES string of the molecule is Cc1ccc(NC(=O)CSc2nnc([C@@H](NC(=O)c3cccc([N+](=O)[O-])c3)C(C)C)n2C)cc1C. The predicted octanol–water partition coefficient (Wildman–Crippen LogP) is 4.20. The van der Waals surface area contributed by atoms with E-state index in [9.17, 15) is 19.7 Å². The number of carbonyl (C=O) groups excluding carboxylic acids is 2. The molecule has 184 valence electrons. The first-order valence-electron chi connectivity index (χ1n) is 11.0. The molecule has 11 heteroatoms. The molecule has 0 aliphatic rings. The molecule has 1 aromatic heterocycles. The van der Waals surface area contributed by atoms with E-state index in [1.54, 1.807) is 11.6 Å². The van der Waals surface area contributed by atoms with Crippen molar-refractivity contribution in [3.63, 3.8) is 0 Å². The highest BCUT2D eigenvalue weighted by Crippen LogP contribution is 2.25. The average Bonchev–Trinajstić information content (AvgIpc) is 3.18. The zero-order valence-corrected chi connectivity index (χ0v) is 21.0. The molecule has 0 saturated carbocycles. The molecule has 2 amide bonds. The Morgan fingerprint density at radius 2 is 1.86 bits per heavy atom. The van der Waals surface area contributed by atoms with Gasteiger partial charge in [-0.3, -0.25) is 19.7 Å². The van der Waals surface area contributed by atoms with E-state index in [0.717, 1.165) is 16.8 Å². The summed E-state index contributed by atoms with van der Waals surface area (Å²) >= 11 is 1.24. The van der Waals surface area contributed by atoms with Crippen LogP contribution in [-0.2, 0) is 11.8 Å². The summed E-state index contributed by atoms with van der Waals surface area (Å²) in [5, 5.41) is 25.8. The van der Waals surface area contributed by atoms with E-state index in [1.807, 2.05) is 45.9 Å². The average molecular weight is 497 g/mol. The highest BCUT2D eigenvalue weighted by Gasteiger charge is 2.26. The van der Waals surface area contributed by atoms with Gasteiger partial charge in [-0.1, -0.05) is 37.7 Å². The lowest BCUT2D eigenvalue weighted by atomic mass is 10.0. The summed E-state index contributed by atoms with van der Waals surface area (Å²) in [5.74, 6) is 0.0209. The van der Waals surface area contributed by atoms with Gasteiger partial charge in [0.25, 0.3) is 11.6 Å². The molecular formula is C24H28N6O4S. The first-order valence-corrected chi connectivity index (χ1v) is 12.0. The number of hydrogen-bond acceptors (Lipinski definition) is 7. The molecule has 0 radical (unpaired) electrons. The Bertz CT molecular complexity index is 1260. The summed E-state index contributed by atoms with van der Waals surface area (Å²) in [4.78, 5) is 35.7. The van der Waals surface area contributed by atoms with Gasteiger partial charge in [0.1, 0.15) is 0 Å². The minimum atomic E-state index is -0.543. The minimum Gasteiger partial charge on any atom is -0.342 e. The molecule has 1 heterocycles. The molecule has 3 aromatic rings. The maximum absolute atomic E-state index is 12.8. The first kappa shape index (κ1) is 25.9. The third kappa shape index (κ3) is 6.44. The van der Waals surface area contributed by atoms with Crippen molar-refractivity contribution in [2.45, 2.75) is 38.9 Å². The van der Waals surface area contributed by atoms with Crippen molar-refractivity contribution < 1.29 is 14.5 Å². The molecule has 0 unspecified atom stereocenters. The van der Waals surface area contributed by atoms with Gasteiger partial charge in [0.15, 0.2) is 11.0 Å². The van der Waals surface area contributed by atoms with Gasteiger partial charge in [0.05, 0.1) is 16.7 Å². The number of anilines is 1. The molecule has 10 nitrogen and oxygen atoms in total. The summed E-state index contributed by atoms with van der Waals surface area (Å²) in [6, 6.07) is 10.8. The Morgan fingerprint density at radius 1 is 1.11 bits per heavy atom. The molecule has 2 N–H and O–H groups in total. The summed E-state index contributed by atoms with van der Waals surface area (Å²) in [6.45, 7) is 7.86. The van der Waals surface area contributed by atoms with Crippen LogP contribution in [0.2, 0.25) is 0 Å². The van der Waals surface area contributed by atoms with Gasteiger partial charge < -0.3 is 15.2 Å². The van der Waals surface area contributed by atoms with Crippen LogP contribution in [0.25, 0.3) is 0 Å². The number of carbonyl (C=O) groups is 2. The summed E-state index contributed by atoms with van der Waals surface area (Å²) in [6.07, 6.45) is 0. The van der Waals surface area contributed by atoms with E-state index in [4.69, 9.17) is 0 Å². The normalized spacial score (nSPS) is 11.8. The van der Waals surface area contributed by atoms with Gasteiger partial charge >= 0.3 is 0 Å². The molecule has 0 aliphatic carbocycles. The van der Waals surface area contributed by atoms with Crippen molar-refractivity contribution >= 4 is 35.0 Å². The molecule has 0 saturated heterocycles. The third-order valence-electron chi connectivity index (χ3n) is 5.54. The van der Waals surface area contributed by atoms with Crippen LogP contribution in [0.3, 0.4) is 0 Å². The molecule has 3 rings (SSSR count). The maximum Gasteiger partial charge on any atom is 0.270 e. The van der Waals surface area contributed by atoms with Crippen LogP contribution < -0.4 is 10.6 Å². The van der Waals surface area contributed by atoms with Gasteiger partial charge in [0, 0.05) is 30.4 Å². The Kier molecular flexibility index (Phi) is 8.23. The Labute approximate surface area is 207 Å². The molecule has 35 heavy (non-hydrogen) atoms. The van der Waals surface area contributed by atoms with Crippen LogP contribution in [-0.4, -0.2) is 37.3 Å². The highest BCUT2D eigenvalue weighted by molar-refractivity contribution is 7.99. The van der Waals surface area contributed by atoms with Crippen molar-refractivity contribution in [1.82, 2.24) is 20.1 Å². The van der Waals surface area contributed by atoms with E-state index in [0.29, 0.717) is 11.0 Å². The topological polar surface area (TPSA) is 132 Å². The third-order valence-corrected chi connectivity index (χ3v) is 6.56. The predicted molar refractivity (Wildman–Crippen MR) is 134 cm³/mol. The van der Waals surface area contributed by atoms with Crippen LogP contribution >= 0.6 is 11.8 Å². The van der Waals surface area contributed by atoms with E-state index >= 15 is 0 Å². The number of nitrogens with zero attached hydrogens (tertiary/aromatic N) is 4. The molecule has 0 bridgehead atoms.